The monoisotopic (exact) mass is 1120 g/mol. The van der Waals surface area contributed by atoms with Gasteiger partial charge in [0.25, 0.3) is 5.91 Å². The van der Waals surface area contributed by atoms with E-state index in [1.165, 1.54) is 14.0 Å². The molecule has 7 rings (SSSR count). The number of fused-ring (bicyclic) bond motifs is 5. The standard InChI is InChI=1S/C60H103N3O16/c1-16-44-59(12,72)49(67)36(6)63(25-17-24-61-54(70)60(73)23-21-41-40-19-18-38-27-39(64)20-22-55(38,8)46(40)43(65)29-56(41,60)9)31-32(2)28-57(10,71)51(79-53-47(66)42(62(13)14)26-33(3)75-53)34(4)48(35(5)52(69)77-44)78-45-30-58(11,74-15)50(68)37(7)76-45/h27,32-37,40-51,53,65-68,71-73H,16-26,28-31H2,1-15H3,(H,61,70)/t32?,33?,34-,35+,36+,37?,40?,41?,42+,43-,44+,45+,46?,47+,48?,49+,50+,51?,53?,55-,56-,57+,58-,59+,60-/m0/s1. The van der Waals surface area contributed by atoms with Gasteiger partial charge in [-0.05, 0) is 162 Å². The number of carbonyl (C=O) groups is 3. The van der Waals surface area contributed by atoms with Gasteiger partial charge in [0.15, 0.2) is 18.4 Å². The topological polar surface area (TPSA) is 267 Å². The van der Waals surface area contributed by atoms with Gasteiger partial charge in [-0.15, -0.1) is 0 Å². The van der Waals surface area contributed by atoms with Crippen molar-refractivity contribution in [3.8, 4) is 0 Å². The molecule has 7 aliphatic rings. The molecule has 3 saturated heterocycles. The number of likely N-dealkylation sites (N-methyl/N-ethyl adjacent to an activating group) is 1. The number of amides is 1. The minimum atomic E-state index is -1.98. The fourth-order valence-electron chi connectivity index (χ4n) is 16.6. The quantitative estimate of drug-likeness (QED) is 0.101. The molecule has 19 nitrogen and oxygen atoms in total. The summed E-state index contributed by atoms with van der Waals surface area (Å²) in [7, 11) is 5.24. The number of allylic oxidation sites excluding steroid dienone is 1. The van der Waals surface area contributed by atoms with Gasteiger partial charge in [-0.3, -0.25) is 19.3 Å². The van der Waals surface area contributed by atoms with Crippen LogP contribution in [0.15, 0.2) is 11.6 Å². The minimum Gasteiger partial charge on any atom is -0.459 e. The second-order valence-corrected chi connectivity index (χ2v) is 27.3. The van der Waals surface area contributed by atoms with Crippen molar-refractivity contribution < 1.29 is 78.6 Å². The lowest BCUT2D eigenvalue weighted by Crippen LogP contribution is -2.63. The van der Waals surface area contributed by atoms with Crippen LogP contribution >= 0.6 is 0 Å². The van der Waals surface area contributed by atoms with Gasteiger partial charge in [-0.2, -0.15) is 0 Å². The zero-order valence-corrected chi connectivity index (χ0v) is 50.4. The molecule has 0 bridgehead atoms. The third-order valence-corrected chi connectivity index (χ3v) is 21.4. The van der Waals surface area contributed by atoms with E-state index in [-0.39, 0.29) is 92.2 Å². The van der Waals surface area contributed by atoms with Crippen molar-refractivity contribution in [2.24, 2.45) is 46.3 Å². The van der Waals surface area contributed by atoms with Crippen LogP contribution in [0.2, 0.25) is 0 Å². The highest BCUT2D eigenvalue weighted by molar-refractivity contribution is 5.91. The number of carbonyl (C=O) groups excluding carboxylic acids is 3. The Bertz CT molecular complexity index is 2160. The Kier molecular flexibility index (Phi) is 19.9. The molecule has 0 radical (unpaired) electrons. The van der Waals surface area contributed by atoms with E-state index in [0.717, 1.165) is 18.4 Å². The van der Waals surface area contributed by atoms with Crippen LogP contribution in [0.3, 0.4) is 0 Å². The van der Waals surface area contributed by atoms with Crippen LogP contribution in [-0.4, -0.2) is 206 Å². The van der Waals surface area contributed by atoms with E-state index >= 15 is 0 Å². The number of ether oxygens (including phenoxy) is 6. The SMILES string of the molecule is CC[C@H]1OC(=O)[C@H](C)C(O[C@@H]2C[C@](C)(OC)[C@H](O)C(C)O2)[C@H](C)C(OC2OC(C)C[C@@H](N(C)C)[C@H]2O)[C@](C)(O)CC(C)CN(CCCNC(=O)[C@@]2(O)CCC3C4CCC5=CC(=O)CC[C@]5(C)C4[C@@H](O)C[C@@]32C)[C@H](C)[C@@H](O)[C@]1(C)O. The van der Waals surface area contributed by atoms with Crippen molar-refractivity contribution in [2.45, 2.75) is 262 Å². The maximum absolute atomic E-state index is 14.7. The number of ketones is 1. The molecule has 0 aromatic rings. The maximum atomic E-state index is 14.7. The Morgan fingerprint density at radius 3 is 2.22 bits per heavy atom. The summed E-state index contributed by atoms with van der Waals surface area (Å²) in [6, 6.07) is -1.10. The van der Waals surface area contributed by atoms with Crippen molar-refractivity contribution in [1.29, 1.82) is 0 Å². The fraction of sp³-hybridized carbons (Fsp3) is 0.917. The zero-order valence-electron chi connectivity index (χ0n) is 50.4. The van der Waals surface area contributed by atoms with Gasteiger partial charge in [0.2, 0.25) is 0 Å². The minimum absolute atomic E-state index is 0.0122. The molecule has 4 aliphatic carbocycles. The number of aliphatic hydroxyl groups excluding tert-OH is 4. The summed E-state index contributed by atoms with van der Waals surface area (Å²) in [5.74, 6) is -3.33. The second-order valence-electron chi connectivity index (χ2n) is 27.3. The number of hydrogen-bond acceptors (Lipinski definition) is 18. The van der Waals surface area contributed by atoms with Gasteiger partial charge in [0, 0.05) is 63.0 Å². The van der Waals surface area contributed by atoms with Crippen molar-refractivity contribution in [2.75, 3.05) is 40.8 Å². The Hall–Kier alpha value is -2.21. The van der Waals surface area contributed by atoms with E-state index in [2.05, 4.69) is 12.2 Å². The first-order chi connectivity index (χ1) is 36.7. The van der Waals surface area contributed by atoms with Crippen molar-refractivity contribution >= 4 is 17.7 Å². The first-order valence-corrected chi connectivity index (χ1v) is 29.9. The zero-order chi connectivity index (χ0) is 58.7. The number of cyclic esters (lactones) is 1. The van der Waals surface area contributed by atoms with E-state index in [0.29, 0.717) is 38.6 Å². The van der Waals surface area contributed by atoms with Crippen molar-refractivity contribution in [3.05, 3.63) is 11.6 Å². The molecule has 79 heavy (non-hydrogen) atoms. The molecule has 3 saturated carbocycles. The van der Waals surface area contributed by atoms with Crippen LogP contribution in [-0.2, 0) is 42.8 Å². The molecule has 19 heteroatoms. The van der Waals surface area contributed by atoms with Crippen LogP contribution in [0.1, 0.15) is 160 Å². The Morgan fingerprint density at radius 1 is 0.886 bits per heavy atom. The number of methoxy groups -OCH3 is 1. The highest BCUT2D eigenvalue weighted by Crippen LogP contribution is 2.67. The molecule has 1 amide bonds. The molecular weight excluding hydrogens is 1020 g/mol. The number of nitrogens with one attached hydrogen (secondary N) is 1. The van der Waals surface area contributed by atoms with Crippen molar-refractivity contribution in [1.82, 2.24) is 15.1 Å². The highest BCUT2D eigenvalue weighted by Gasteiger charge is 2.68. The number of esters is 1. The second kappa shape index (κ2) is 24.4. The lowest BCUT2D eigenvalue weighted by atomic mass is 9.45. The summed E-state index contributed by atoms with van der Waals surface area (Å²) in [6.45, 7) is 22.3. The third kappa shape index (κ3) is 12.4. The first-order valence-electron chi connectivity index (χ1n) is 29.9. The van der Waals surface area contributed by atoms with Crippen molar-refractivity contribution in [3.63, 3.8) is 0 Å². The fourth-order valence-corrected chi connectivity index (χ4v) is 16.6. The van der Waals surface area contributed by atoms with E-state index in [4.69, 9.17) is 28.4 Å². The average molecular weight is 1120 g/mol. The Morgan fingerprint density at radius 2 is 1.57 bits per heavy atom. The van der Waals surface area contributed by atoms with Gasteiger partial charge in [0.05, 0.1) is 47.6 Å². The molecule has 25 atom stereocenters. The molecule has 0 aromatic carbocycles. The lowest BCUT2D eigenvalue weighted by Gasteiger charge is -2.60. The molecule has 3 heterocycles. The van der Waals surface area contributed by atoms with Gasteiger partial charge >= 0.3 is 5.97 Å². The Labute approximate surface area is 470 Å². The molecule has 0 aromatic heterocycles. The molecular formula is C60H103N3O16. The summed E-state index contributed by atoms with van der Waals surface area (Å²) < 4.78 is 38.3. The summed E-state index contributed by atoms with van der Waals surface area (Å²) in [5.41, 5.74) is -6.55. The molecule has 0 spiro atoms. The summed E-state index contributed by atoms with van der Waals surface area (Å²) in [6.07, 6.45) is -4.17. The predicted molar refractivity (Wildman–Crippen MR) is 294 cm³/mol. The predicted octanol–water partition coefficient (Wildman–Crippen LogP) is 4.01. The lowest BCUT2D eigenvalue weighted by molar-refractivity contribution is -0.318. The van der Waals surface area contributed by atoms with Gasteiger partial charge in [-0.1, -0.05) is 40.2 Å². The van der Waals surface area contributed by atoms with E-state index in [1.807, 2.05) is 44.7 Å². The number of hydrogen-bond donors (Lipinski definition) is 8. The molecule has 6 fully saturated rings. The van der Waals surface area contributed by atoms with Crippen LogP contribution < -0.4 is 5.32 Å². The van der Waals surface area contributed by atoms with Gasteiger partial charge in [0.1, 0.15) is 35.6 Å². The van der Waals surface area contributed by atoms with Crippen LogP contribution in [0.4, 0.5) is 0 Å². The normalized spacial score (nSPS) is 49.6. The van der Waals surface area contributed by atoms with Crippen LogP contribution in [0.25, 0.3) is 0 Å². The maximum Gasteiger partial charge on any atom is 0.311 e. The number of aliphatic hydroxyl groups is 7. The number of nitrogens with zero attached hydrogens (tertiary/aromatic N) is 2. The van der Waals surface area contributed by atoms with E-state index in [1.54, 1.807) is 54.5 Å². The summed E-state index contributed by atoms with van der Waals surface area (Å²) in [5, 5.41) is 88.3. The largest absolute Gasteiger partial charge is 0.459 e. The molecule has 9 unspecified atom stereocenters. The molecule has 8 N–H and O–H groups in total. The Balaban J connectivity index is 1.15. The summed E-state index contributed by atoms with van der Waals surface area (Å²) in [4.78, 5) is 45.5. The highest BCUT2D eigenvalue weighted by atomic mass is 16.7. The number of rotatable bonds is 12. The molecule has 3 aliphatic heterocycles. The van der Waals surface area contributed by atoms with Crippen LogP contribution in [0, 0.1) is 46.3 Å². The van der Waals surface area contributed by atoms with Gasteiger partial charge in [-0.25, -0.2) is 0 Å². The van der Waals surface area contributed by atoms with E-state index < -0.39 is 119 Å². The van der Waals surface area contributed by atoms with Gasteiger partial charge < -0.3 is 74.4 Å². The molecule has 454 valence electrons. The first kappa shape index (κ1) is 64.4. The van der Waals surface area contributed by atoms with Crippen LogP contribution in [0.5, 0.6) is 0 Å². The smallest absolute Gasteiger partial charge is 0.311 e. The average Bonchev–Trinajstić information content (AvgIpc) is 3.96. The summed E-state index contributed by atoms with van der Waals surface area (Å²) >= 11 is 0. The van der Waals surface area contributed by atoms with E-state index in [9.17, 15) is 50.1 Å². The third-order valence-electron chi connectivity index (χ3n) is 21.4.